The van der Waals surface area contributed by atoms with Gasteiger partial charge in [-0.05, 0) is 20.8 Å². The maximum atomic E-state index is 12.6. The summed E-state index contributed by atoms with van der Waals surface area (Å²) in [6.07, 6.45) is 9.48. The summed E-state index contributed by atoms with van der Waals surface area (Å²) in [5.74, 6) is 0. The number of nitrogens with zero attached hydrogens (tertiary/aromatic N) is 3. The molecule has 0 spiro atoms. The molecule has 1 aromatic heterocycles. The quantitative estimate of drug-likeness (QED) is 0.393. The fraction of sp³-hybridized carbons (Fsp3) is 0.500. The third-order valence-electron chi connectivity index (χ3n) is 3.38. The molecule has 0 saturated carbocycles. The van der Waals surface area contributed by atoms with Gasteiger partial charge >= 0.3 is 17.1 Å². The molecule has 1 rings (SSSR count). The van der Waals surface area contributed by atoms with Gasteiger partial charge in [0.05, 0.1) is 38.4 Å². The van der Waals surface area contributed by atoms with E-state index < -0.39 is 17.1 Å². The zero-order valence-electron chi connectivity index (χ0n) is 16.0. The van der Waals surface area contributed by atoms with Crippen LogP contribution in [-0.2, 0) is 33.8 Å². The van der Waals surface area contributed by atoms with E-state index in [2.05, 4.69) is 0 Å². The molecule has 1 heterocycles. The largest absolute Gasteiger partial charge is 0.500 e. The Hall–Kier alpha value is -2.97. The summed E-state index contributed by atoms with van der Waals surface area (Å²) in [5.41, 5.74) is -2.07. The molecule has 0 aliphatic rings. The third-order valence-corrected chi connectivity index (χ3v) is 3.38. The predicted molar refractivity (Wildman–Crippen MR) is 102 cm³/mol. The first-order valence-electron chi connectivity index (χ1n) is 8.71. The fourth-order valence-electron chi connectivity index (χ4n) is 2.18. The van der Waals surface area contributed by atoms with Crippen LogP contribution in [0.15, 0.2) is 51.4 Å². The first-order chi connectivity index (χ1) is 13.1. The van der Waals surface area contributed by atoms with Gasteiger partial charge in [0.1, 0.15) is 19.8 Å². The molecule has 27 heavy (non-hydrogen) atoms. The van der Waals surface area contributed by atoms with Crippen molar-refractivity contribution >= 4 is 0 Å². The molecular weight excluding hydrogens is 354 g/mol. The smallest absolute Gasteiger partial charge is 0.336 e. The summed E-state index contributed by atoms with van der Waals surface area (Å²) < 4.78 is 18.5. The normalized spacial score (nSPS) is 11.7. The highest BCUT2D eigenvalue weighted by molar-refractivity contribution is 4.80. The lowest BCUT2D eigenvalue weighted by Crippen LogP contribution is -2.55. The highest BCUT2D eigenvalue weighted by Crippen LogP contribution is 1.85. The van der Waals surface area contributed by atoms with E-state index in [1.54, 1.807) is 39.0 Å². The molecule has 9 heteroatoms. The Bertz CT molecular complexity index is 689. The van der Waals surface area contributed by atoms with Crippen LogP contribution in [0.3, 0.4) is 0 Å². The summed E-state index contributed by atoms with van der Waals surface area (Å²) in [7, 11) is 0. The van der Waals surface area contributed by atoms with Crippen molar-refractivity contribution in [3.8, 4) is 0 Å². The second-order valence-electron chi connectivity index (χ2n) is 5.32. The van der Waals surface area contributed by atoms with Crippen LogP contribution in [-0.4, -0.2) is 33.5 Å². The molecule has 0 fully saturated rings. The molecule has 0 unspecified atom stereocenters. The molecular formula is C18H27N3O6. The van der Waals surface area contributed by atoms with Crippen molar-refractivity contribution in [3.05, 3.63) is 68.5 Å². The van der Waals surface area contributed by atoms with E-state index in [0.29, 0.717) is 0 Å². The van der Waals surface area contributed by atoms with Gasteiger partial charge in [0.15, 0.2) is 0 Å². The van der Waals surface area contributed by atoms with Crippen molar-refractivity contribution in [1.29, 1.82) is 0 Å². The van der Waals surface area contributed by atoms with Crippen molar-refractivity contribution in [1.82, 2.24) is 13.7 Å². The molecule has 0 bridgehead atoms. The number of rotatable bonds is 12. The maximum absolute atomic E-state index is 12.6. The van der Waals surface area contributed by atoms with Crippen molar-refractivity contribution in [2.24, 2.45) is 0 Å². The lowest BCUT2D eigenvalue weighted by molar-refractivity contribution is 0.206. The van der Waals surface area contributed by atoms with Crippen LogP contribution in [0, 0.1) is 0 Å². The summed E-state index contributed by atoms with van der Waals surface area (Å²) in [6, 6.07) is 0. The van der Waals surface area contributed by atoms with Crippen LogP contribution in [0.2, 0.25) is 0 Å². The zero-order valence-corrected chi connectivity index (χ0v) is 16.0. The Labute approximate surface area is 157 Å². The average Bonchev–Trinajstić information content (AvgIpc) is 2.66. The molecule has 0 amide bonds. The second-order valence-corrected chi connectivity index (χ2v) is 5.32. The second kappa shape index (κ2) is 12.4. The molecule has 0 aromatic carbocycles. The lowest BCUT2D eigenvalue weighted by Gasteiger charge is -2.13. The van der Waals surface area contributed by atoms with E-state index in [9.17, 15) is 14.4 Å². The van der Waals surface area contributed by atoms with Crippen molar-refractivity contribution < 1.29 is 14.2 Å². The van der Waals surface area contributed by atoms with Crippen LogP contribution in [0.4, 0.5) is 0 Å². The molecule has 1 aromatic rings. The van der Waals surface area contributed by atoms with Crippen molar-refractivity contribution in [3.63, 3.8) is 0 Å². The van der Waals surface area contributed by atoms with Gasteiger partial charge in [-0.2, -0.15) is 0 Å². The van der Waals surface area contributed by atoms with Gasteiger partial charge in [-0.3, -0.25) is 0 Å². The summed E-state index contributed by atoms with van der Waals surface area (Å²) in [6.45, 7) is 5.80. The molecule has 0 N–H and O–H groups in total. The number of aromatic nitrogens is 3. The number of hydrogen-bond donors (Lipinski definition) is 0. The Morgan fingerprint density at radius 1 is 0.593 bits per heavy atom. The van der Waals surface area contributed by atoms with E-state index in [4.69, 9.17) is 14.2 Å². The van der Waals surface area contributed by atoms with Crippen molar-refractivity contribution in [2.75, 3.05) is 19.8 Å². The molecule has 0 aliphatic carbocycles. The third kappa shape index (κ3) is 6.69. The molecule has 0 atom stereocenters. The molecule has 150 valence electrons. The van der Waals surface area contributed by atoms with E-state index in [-0.39, 0.29) is 39.5 Å². The SMILES string of the molecule is CC=COCCn1c(=O)n(CCOC=CC)c(=O)n(CCOC=CC)c1=O. The van der Waals surface area contributed by atoms with Gasteiger partial charge in [0.25, 0.3) is 0 Å². The number of allylic oxidation sites excluding steroid dienone is 3. The van der Waals surface area contributed by atoms with Crippen LogP contribution in [0.1, 0.15) is 20.8 Å². The van der Waals surface area contributed by atoms with Crippen molar-refractivity contribution in [2.45, 2.75) is 40.4 Å². The zero-order chi connectivity index (χ0) is 20.1. The summed E-state index contributed by atoms with van der Waals surface area (Å²) in [4.78, 5) is 37.8. The monoisotopic (exact) mass is 381 g/mol. The number of ether oxygens (including phenoxy) is 3. The molecule has 9 nitrogen and oxygen atoms in total. The maximum Gasteiger partial charge on any atom is 0.336 e. The summed E-state index contributed by atoms with van der Waals surface area (Å²) in [5, 5.41) is 0. The Balaban J connectivity index is 3.19. The molecule has 0 aliphatic heterocycles. The van der Waals surface area contributed by atoms with Gasteiger partial charge in [-0.15, -0.1) is 0 Å². The highest BCUT2D eigenvalue weighted by Gasteiger charge is 2.15. The van der Waals surface area contributed by atoms with Crippen LogP contribution >= 0.6 is 0 Å². The molecule has 0 radical (unpaired) electrons. The average molecular weight is 381 g/mol. The first-order valence-corrected chi connectivity index (χ1v) is 8.71. The van der Waals surface area contributed by atoms with Crippen LogP contribution in [0.25, 0.3) is 0 Å². The predicted octanol–water partition coefficient (Wildman–Crippen LogP) is 0.822. The van der Waals surface area contributed by atoms with Crippen LogP contribution in [0.5, 0.6) is 0 Å². The standard InChI is InChI=1S/C18H27N3O6/c1-4-10-25-13-7-19-16(22)20(8-14-26-11-5-2)18(24)21(17(19)23)9-15-27-12-6-3/h4-6,10-12H,7-9,13-15H2,1-3H3. The Kier molecular flexibility index (Phi) is 10.1. The molecule has 0 saturated heterocycles. The topological polar surface area (TPSA) is 93.7 Å². The lowest BCUT2D eigenvalue weighted by atomic mass is 10.5. The Morgan fingerprint density at radius 3 is 1.07 bits per heavy atom. The summed E-state index contributed by atoms with van der Waals surface area (Å²) >= 11 is 0. The Morgan fingerprint density at radius 2 is 0.852 bits per heavy atom. The van der Waals surface area contributed by atoms with Gasteiger partial charge in [-0.1, -0.05) is 18.2 Å². The van der Waals surface area contributed by atoms with E-state index in [1.165, 1.54) is 18.8 Å². The van der Waals surface area contributed by atoms with E-state index >= 15 is 0 Å². The van der Waals surface area contributed by atoms with Gasteiger partial charge in [0, 0.05) is 0 Å². The minimum absolute atomic E-state index is 0.0216. The van der Waals surface area contributed by atoms with Crippen LogP contribution < -0.4 is 17.1 Å². The fourth-order valence-corrected chi connectivity index (χ4v) is 2.18. The van der Waals surface area contributed by atoms with E-state index in [0.717, 1.165) is 13.7 Å². The highest BCUT2D eigenvalue weighted by atomic mass is 16.5. The minimum atomic E-state index is -0.691. The minimum Gasteiger partial charge on any atom is -0.500 e. The van der Waals surface area contributed by atoms with Gasteiger partial charge < -0.3 is 14.2 Å². The number of hydrogen-bond acceptors (Lipinski definition) is 6. The van der Waals surface area contributed by atoms with Gasteiger partial charge in [-0.25, -0.2) is 28.1 Å². The van der Waals surface area contributed by atoms with Gasteiger partial charge in [0.2, 0.25) is 0 Å². The van der Waals surface area contributed by atoms with E-state index in [1.807, 2.05) is 0 Å². The first kappa shape index (κ1) is 22.1.